The van der Waals surface area contributed by atoms with Crippen LogP contribution in [0.25, 0.3) is 0 Å². The van der Waals surface area contributed by atoms with Crippen LogP contribution in [0, 0.1) is 18.8 Å². The number of hydrogen-bond donors (Lipinski definition) is 1. The number of sulfone groups is 1. The molecule has 0 amide bonds. The van der Waals surface area contributed by atoms with Gasteiger partial charge in [0.2, 0.25) is 21.7 Å². The van der Waals surface area contributed by atoms with Gasteiger partial charge in [-0.15, -0.1) is 0 Å². The molecule has 28 heavy (non-hydrogen) atoms. The third-order valence-corrected chi connectivity index (χ3v) is 6.18. The summed E-state index contributed by atoms with van der Waals surface area (Å²) >= 11 is 11.4. The number of rotatable bonds is 4. The van der Waals surface area contributed by atoms with Crippen molar-refractivity contribution in [1.82, 2.24) is 4.98 Å². The first-order chi connectivity index (χ1) is 13.1. The Morgan fingerprint density at radius 3 is 2.14 bits per heavy atom. The van der Waals surface area contributed by atoms with Gasteiger partial charge in [-0.05, 0) is 31.2 Å². The number of aromatic nitrogens is 1. The quantitative estimate of drug-likeness (QED) is 0.550. The van der Waals surface area contributed by atoms with Crippen LogP contribution in [-0.2, 0) is 9.84 Å². The number of aryl methyl sites for hydroxylation is 1. The molecule has 0 bridgehead atoms. The van der Waals surface area contributed by atoms with Crippen molar-refractivity contribution in [3.8, 4) is 17.2 Å². The third-order valence-electron chi connectivity index (χ3n) is 3.73. The minimum atomic E-state index is -4.09. The Labute approximate surface area is 169 Å². The van der Waals surface area contributed by atoms with Crippen molar-refractivity contribution in [3.63, 3.8) is 0 Å². The Morgan fingerprint density at radius 1 is 1.00 bits per heavy atom. The first kappa shape index (κ1) is 20.3. The van der Waals surface area contributed by atoms with Gasteiger partial charge >= 0.3 is 0 Å². The third kappa shape index (κ3) is 3.76. The van der Waals surface area contributed by atoms with E-state index in [0.29, 0.717) is 0 Å². The highest BCUT2D eigenvalue weighted by molar-refractivity contribution is 7.91. The van der Waals surface area contributed by atoms with Crippen molar-refractivity contribution in [3.05, 3.63) is 70.0 Å². The maximum atomic E-state index is 13.6. The standard InChI is InChI=1S/C18H11Cl2F2NO4S/c1-9-2-5-11(6-3-9)28(25,26)13-8-10(4-7-12(13)24)27-16-14(19)17(21)23-18(22)15(16)20/h2-8,24H,1H3. The average molecular weight is 446 g/mol. The second-order valence-corrected chi connectivity index (χ2v) is 8.37. The molecule has 3 aromatic rings. The van der Waals surface area contributed by atoms with Crippen LogP contribution in [0.4, 0.5) is 8.78 Å². The van der Waals surface area contributed by atoms with Crippen molar-refractivity contribution in [1.29, 1.82) is 0 Å². The van der Waals surface area contributed by atoms with Crippen LogP contribution >= 0.6 is 23.2 Å². The van der Waals surface area contributed by atoms with Gasteiger partial charge in [0.15, 0.2) is 5.75 Å². The molecule has 0 fully saturated rings. The van der Waals surface area contributed by atoms with Crippen molar-refractivity contribution in [2.75, 3.05) is 0 Å². The van der Waals surface area contributed by atoms with Gasteiger partial charge in [-0.3, -0.25) is 0 Å². The minimum absolute atomic E-state index is 0.0531. The number of hydrogen-bond acceptors (Lipinski definition) is 5. The number of phenols is 1. The lowest BCUT2D eigenvalue weighted by atomic mass is 10.2. The van der Waals surface area contributed by atoms with Crippen molar-refractivity contribution >= 4 is 33.0 Å². The van der Waals surface area contributed by atoms with Gasteiger partial charge in [0.1, 0.15) is 26.4 Å². The SMILES string of the molecule is Cc1ccc(S(=O)(=O)c2cc(Oc3c(Cl)c(F)nc(F)c3Cl)ccc2O)cc1. The second-order valence-electron chi connectivity index (χ2n) is 5.70. The number of phenolic OH excluding ortho intramolecular Hbond substituents is 1. The van der Waals surface area contributed by atoms with E-state index in [9.17, 15) is 22.3 Å². The zero-order chi connectivity index (χ0) is 20.6. The zero-order valence-electron chi connectivity index (χ0n) is 14.1. The minimum Gasteiger partial charge on any atom is -0.507 e. The van der Waals surface area contributed by atoms with E-state index in [0.717, 1.165) is 17.7 Å². The maximum absolute atomic E-state index is 13.6. The van der Waals surface area contributed by atoms with E-state index < -0.39 is 48.2 Å². The Balaban J connectivity index is 2.07. The predicted molar refractivity (Wildman–Crippen MR) is 99.0 cm³/mol. The molecule has 10 heteroatoms. The molecule has 0 aliphatic rings. The van der Waals surface area contributed by atoms with Crippen LogP contribution in [0.3, 0.4) is 0 Å². The van der Waals surface area contributed by atoms with E-state index in [1.807, 2.05) is 0 Å². The molecule has 0 unspecified atom stereocenters. The van der Waals surface area contributed by atoms with Gasteiger partial charge < -0.3 is 9.84 Å². The Hall–Kier alpha value is -2.42. The normalized spacial score (nSPS) is 11.5. The fraction of sp³-hybridized carbons (Fsp3) is 0.0556. The van der Waals surface area contributed by atoms with E-state index in [1.54, 1.807) is 19.1 Å². The summed E-state index contributed by atoms with van der Waals surface area (Å²) in [6.07, 6.45) is 0. The molecule has 2 aromatic carbocycles. The van der Waals surface area contributed by atoms with Gasteiger partial charge in [0.25, 0.3) is 0 Å². The molecule has 1 aromatic heterocycles. The van der Waals surface area contributed by atoms with Crippen LogP contribution in [0.5, 0.6) is 17.2 Å². The second kappa shape index (κ2) is 7.54. The van der Waals surface area contributed by atoms with Gasteiger partial charge in [-0.2, -0.15) is 13.8 Å². The van der Waals surface area contributed by atoms with Crippen molar-refractivity contribution in [2.24, 2.45) is 0 Å². The smallest absolute Gasteiger partial charge is 0.238 e. The van der Waals surface area contributed by atoms with E-state index in [1.165, 1.54) is 18.2 Å². The molecular weight excluding hydrogens is 435 g/mol. The first-order valence-electron chi connectivity index (χ1n) is 7.64. The molecule has 5 nitrogen and oxygen atoms in total. The fourth-order valence-electron chi connectivity index (χ4n) is 2.29. The van der Waals surface area contributed by atoms with E-state index in [4.69, 9.17) is 27.9 Å². The summed E-state index contributed by atoms with van der Waals surface area (Å²) in [5, 5.41) is 8.68. The molecule has 1 heterocycles. The molecular formula is C18H11Cl2F2NO4S. The topological polar surface area (TPSA) is 76.5 Å². The molecule has 146 valence electrons. The van der Waals surface area contributed by atoms with Crippen LogP contribution in [0.15, 0.2) is 52.3 Å². The highest BCUT2D eigenvalue weighted by Gasteiger charge is 2.24. The largest absolute Gasteiger partial charge is 0.507 e. The lowest BCUT2D eigenvalue weighted by Crippen LogP contribution is -2.03. The molecule has 0 aliphatic carbocycles. The summed E-state index contributed by atoms with van der Waals surface area (Å²) in [7, 11) is -4.09. The van der Waals surface area contributed by atoms with E-state index in [-0.39, 0.29) is 10.6 Å². The summed E-state index contributed by atoms with van der Waals surface area (Å²) in [6, 6.07) is 9.22. The van der Waals surface area contributed by atoms with E-state index >= 15 is 0 Å². The fourth-order valence-corrected chi connectivity index (χ4v) is 4.06. The Morgan fingerprint density at radius 2 is 1.57 bits per heavy atom. The molecule has 0 spiro atoms. The zero-order valence-corrected chi connectivity index (χ0v) is 16.4. The van der Waals surface area contributed by atoms with E-state index in [2.05, 4.69) is 4.98 Å². The monoisotopic (exact) mass is 445 g/mol. The Bertz CT molecular complexity index is 1140. The van der Waals surface area contributed by atoms with Crippen molar-refractivity contribution in [2.45, 2.75) is 16.7 Å². The first-order valence-corrected chi connectivity index (χ1v) is 9.88. The predicted octanol–water partition coefficient (Wildman–Crippen LogP) is 5.31. The van der Waals surface area contributed by atoms with Gasteiger partial charge in [-0.1, -0.05) is 40.9 Å². The van der Waals surface area contributed by atoms with Crippen LogP contribution < -0.4 is 4.74 Å². The highest BCUT2D eigenvalue weighted by Crippen LogP contribution is 2.40. The molecule has 3 rings (SSSR count). The van der Waals surface area contributed by atoms with Crippen LogP contribution in [-0.4, -0.2) is 18.5 Å². The van der Waals surface area contributed by atoms with Gasteiger partial charge in [0.05, 0.1) is 4.90 Å². The number of ether oxygens (including phenoxy) is 1. The Kier molecular flexibility index (Phi) is 5.47. The summed E-state index contributed by atoms with van der Waals surface area (Å²) in [4.78, 5) is 2.36. The molecule has 0 saturated heterocycles. The maximum Gasteiger partial charge on any atom is 0.238 e. The number of benzene rings is 2. The highest BCUT2D eigenvalue weighted by atomic mass is 35.5. The molecule has 0 radical (unpaired) electrons. The lowest BCUT2D eigenvalue weighted by molar-refractivity contribution is 0.439. The lowest BCUT2D eigenvalue weighted by Gasteiger charge is -2.12. The number of nitrogens with zero attached hydrogens (tertiary/aromatic N) is 1. The summed E-state index contributed by atoms with van der Waals surface area (Å²) in [5.41, 5.74) is 0.853. The van der Waals surface area contributed by atoms with Gasteiger partial charge in [0, 0.05) is 6.07 Å². The summed E-state index contributed by atoms with van der Waals surface area (Å²) < 4.78 is 58.0. The molecule has 1 N–H and O–H groups in total. The van der Waals surface area contributed by atoms with Gasteiger partial charge in [-0.25, -0.2) is 8.42 Å². The van der Waals surface area contributed by atoms with Crippen molar-refractivity contribution < 1.29 is 27.0 Å². The molecule has 0 saturated carbocycles. The molecule has 0 atom stereocenters. The number of halogens is 4. The number of aromatic hydroxyl groups is 1. The number of pyridine rings is 1. The summed E-state index contributed by atoms with van der Waals surface area (Å²) in [6.45, 7) is 1.79. The average Bonchev–Trinajstić information content (AvgIpc) is 2.65. The van der Waals surface area contributed by atoms with Crippen LogP contribution in [0.2, 0.25) is 10.0 Å². The van der Waals surface area contributed by atoms with Crippen LogP contribution in [0.1, 0.15) is 5.56 Å². The molecule has 0 aliphatic heterocycles. The summed E-state index contributed by atoms with van der Waals surface area (Å²) in [5.74, 6) is -3.96.